The van der Waals surface area contributed by atoms with E-state index in [0.29, 0.717) is 6.42 Å². The lowest BCUT2D eigenvalue weighted by Crippen LogP contribution is -2.33. The Bertz CT molecular complexity index is 354. The fraction of sp³-hybridized carbons (Fsp3) is 0.300. The molecular formula is C10H16NO2P3. The summed E-state index contributed by atoms with van der Waals surface area (Å²) in [6.07, 6.45) is 0.511. The Morgan fingerprint density at radius 3 is 2.44 bits per heavy atom. The number of benzene rings is 1. The third-order valence-corrected chi connectivity index (χ3v) is 3.67. The van der Waals surface area contributed by atoms with Crippen molar-refractivity contribution < 1.29 is 9.90 Å². The molecule has 0 amide bonds. The molecule has 16 heavy (non-hydrogen) atoms. The summed E-state index contributed by atoms with van der Waals surface area (Å²) in [6.45, 7) is 2.02. The van der Waals surface area contributed by atoms with E-state index in [1.807, 2.05) is 31.2 Å². The third kappa shape index (κ3) is 4.85. The molecule has 0 heterocycles. The van der Waals surface area contributed by atoms with Crippen molar-refractivity contribution in [2.75, 3.05) is 0 Å². The Balaban J connectivity index is 2.68. The molecular weight excluding hydrogens is 259 g/mol. The van der Waals surface area contributed by atoms with E-state index in [2.05, 4.69) is 22.9 Å². The van der Waals surface area contributed by atoms with Crippen molar-refractivity contribution >= 4 is 31.3 Å². The highest BCUT2D eigenvalue weighted by Crippen LogP contribution is 2.48. The van der Waals surface area contributed by atoms with Crippen LogP contribution in [0.4, 0.5) is 0 Å². The molecule has 0 spiro atoms. The number of carbonyl (C=O) groups is 1. The predicted molar refractivity (Wildman–Crippen MR) is 75.8 cm³/mol. The van der Waals surface area contributed by atoms with Crippen molar-refractivity contribution in [1.82, 2.24) is 5.09 Å². The van der Waals surface area contributed by atoms with E-state index in [1.54, 1.807) is 0 Å². The number of hydrogen-bond acceptors (Lipinski definition) is 2. The fourth-order valence-electron chi connectivity index (χ4n) is 1.33. The maximum Gasteiger partial charge on any atom is 0.321 e. The minimum atomic E-state index is -0.807. The van der Waals surface area contributed by atoms with Gasteiger partial charge in [-0.15, -0.1) is 0 Å². The Morgan fingerprint density at radius 1 is 1.44 bits per heavy atom. The molecule has 1 aromatic rings. The van der Waals surface area contributed by atoms with Crippen molar-refractivity contribution in [2.24, 2.45) is 0 Å². The minimum Gasteiger partial charge on any atom is -0.480 e. The van der Waals surface area contributed by atoms with Gasteiger partial charge < -0.3 is 5.11 Å². The molecule has 0 aliphatic carbocycles. The summed E-state index contributed by atoms with van der Waals surface area (Å²) < 4.78 is 0. The van der Waals surface area contributed by atoms with Crippen LogP contribution < -0.4 is 5.09 Å². The first-order valence-electron chi connectivity index (χ1n) is 4.83. The van der Waals surface area contributed by atoms with Gasteiger partial charge in [0.2, 0.25) is 0 Å². The van der Waals surface area contributed by atoms with E-state index >= 15 is 0 Å². The van der Waals surface area contributed by atoms with Gasteiger partial charge in [0.15, 0.2) is 0 Å². The third-order valence-electron chi connectivity index (χ3n) is 2.16. The van der Waals surface area contributed by atoms with Crippen LogP contribution in [0.3, 0.4) is 0 Å². The highest BCUT2D eigenvalue weighted by molar-refractivity contribution is 8.42. The zero-order valence-corrected chi connectivity index (χ0v) is 12.3. The highest BCUT2D eigenvalue weighted by Gasteiger charge is 2.18. The maximum absolute atomic E-state index is 11.0. The van der Waals surface area contributed by atoms with Gasteiger partial charge in [0.25, 0.3) is 0 Å². The van der Waals surface area contributed by atoms with E-state index in [9.17, 15) is 4.79 Å². The average Bonchev–Trinajstić information content (AvgIpc) is 2.19. The first-order chi connectivity index (χ1) is 7.49. The standard InChI is InChI=1S/C10H16NO2P3/c1-7-2-4-8(5-3-7)6-9(10(12)13)11-16(14)15/h2-5,9,11H,6,14-15H2,1H3,(H,12,13). The normalized spacial score (nSPS) is 12.8. The number of aliphatic carboxylic acids is 1. The molecule has 0 aromatic heterocycles. The number of carboxylic acids is 1. The molecule has 6 heteroatoms. The van der Waals surface area contributed by atoms with Gasteiger partial charge in [-0.1, -0.05) is 47.7 Å². The topological polar surface area (TPSA) is 49.3 Å². The summed E-state index contributed by atoms with van der Waals surface area (Å²) in [5.74, 6) is -0.807. The van der Waals surface area contributed by atoms with E-state index in [0.717, 1.165) is 5.56 Å². The molecule has 2 N–H and O–H groups in total. The molecule has 0 saturated heterocycles. The maximum atomic E-state index is 11.0. The molecule has 88 valence electrons. The van der Waals surface area contributed by atoms with Crippen molar-refractivity contribution in [3.05, 3.63) is 35.4 Å². The smallest absolute Gasteiger partial charge is 0.321 e. The van der Waals surface area contributed by atoms with Crippen LogP contribution in [0.25, 0.3) is 0 Å². The van der Waals surface area contributed by atoms with Gasteiger partial charge in [0.05, 0.1) is 0 Å². The number of aryl methyl sites for hydroxylation is 1. The summed E-state index contributed by atoms with van der Waals surface area (Å²) in [5.41, 5.74) is 2.22. The Kier molecular flexibility index (Phi) is 5.79. The number of nitrogens with one attached hydrogen (secondary N) is 1. The highest BCUT2D eigenvalue weighted by atomic mass is 32.4. The number of hydrogen-bond donors (Lipinski definition) is 2. The Morgan fingerprint density at radius 2 is 2.00 bits per heavy atom. The van der Waals surface area contributed by atoms with Gasteiger partial charge >= 0.3 is 5.97 Å². The van der Waals surface area contributed by atoms with Gasteiger partial charge in [0.1, 0.15) is 6.04 Å². The van der Waals surface area contributed by atoms with Crippen LogP contribution in [-0.4, -0.2) is 17.1 Å². The van der Waals surface area contributed by atoms with E-state index in [4.69, 9.17) is 5.11 Å². The molecule has 3 atom stereocenters. The Hall–Kier alpha value is -0.0600. The first kappa shape index (κ1) is 14.0. The SMILES string of the molecule is Cc1ccc(CC(NP(P)P)C(=O)O)cc1. The molecule has 0 radical (unpaired) electrons. The van der Waals surface area contributed by atoms with E-state index in [-0.39, 0.29) is 0 Å². The summed E-state index contributed by atoms with van der Waals surface area (Å²) in [6, 6.07) is 7.42. The largest absolute Gasteiger partial charge is 0.480 e. The molecule has 3 unspecified atom stereocenters. The van der Waals surface area contributed by atoms with Crippen molar-refractivity contribution in [3.63, 3.8) is 0 Å². The van der Waals surface area contributed by atoms with Crippen LogP contribution >= 0.6 is 25.3 Å². The second kappa shape index (κ2) is 6.62. The summed E-state index contributed by atoms with van der Waals surface area (Å²) in [5, 5.41) is 12.1. The predicted octanol–water partition coefficient (Wildman–Crippen LogP) is 2.56. The van der Waals surface area contributed by atoms with Gasteiger partial charge in [-0.3, -0.25) is 9.88 Å². The van der Waals surface area contributed by atoms with Crippen LogP contribution in [0.5, 0.6) is 0 Å². The lowest BCUT2D eigenvalue weighted by atomic mass is 10.1. The van der Waals surface area contributed by atoms with Crippen LogP contribution in [0, 0.1) is 6.92 Å². The van der Waals surface area contributed by atoms with Gasteiger partial charge in [0, 0.05) is 0 Å². The van der Waals surface area contributed by atoms with Crippen LogP contribution in [-0.2, 0) is 11.2 Å². The van der Waals surface area contributed by atoms with Crippen LogP contribution in [0.15, 0.2) is 24.3 Å². The number of carboxylic acid groups (broad SMARTS) is 1. The van der Waals surface area contributed by atoms with E-state index < -0.39 is 19.5 Å². The van der Waals surface area contributed by atoms with Crippen molar-refractivity contribution in [2.45, 2.75) is 19.4 Å². The molecule has 0 fully saturated rings. The zero-order chi connectivity index (χ0) is 12.1. The summed E-state index contributed by atoms with van der Waals surface area (Å²) in [4.78, 5) is 11.0. The quantitative estimate of drug-likeness (QED) is 0.812. The zero-order valence-electron chi connectivity index (χ0n) is 9.05. The van der Waals surface area contributed by atoms with Crippen molar-refractivity contribution in [3.8, 4) is 0 Å². The van der Waals surface area contributed by atoms with Gasteiger partial charge in [-0.2, -0.15) is 0 Å². The molecule has 3 nitrogen and oxygen atoms in total. The summed E-state index contributed by atoms with van der Waals surface area (Å²) in [7, 11) is 4.58. The van der Waals surface area contributed by atoms with Crippen LogP contribution in [0.1, 0.15) is 11.1 Å². The second-order valence-electron chi connectivity index (χ2n) is 3.62. The fourth-order valence-corrected chi connectivity index (χ4v) is 2.97. The molecule has 1 rings (SSSR count). The van der Waals surface area contributed by atoms with Gasteiger partial charge in [-0.25, -0.2) is 0 Å². The second-order valence-corrected chi connectivity index (χ2v) is 9.82. The lowest BCUT2D eigenvalue weighted by Gasteiger charge is -2.16. The summed E-state index contributed by atoms with van der Waals surface area (Å²) >= 11 is 0. The monoisotopic (exact) mass is 275 g/mol. The molecule has 0 aliphatic heterocycles. The van der Waals surface area contributed by atoms with E-state index in [1.165, 1.54) is 5.56 Å². The Labute approximate surface area is 101 Å². The molecule has 0 bridgehead atoms. The van der Waals surface area contributed by atoms with Crippen molar-refractivity contribution in [1.29, 1.82) is 0 Å². The average molecular weight is 275 g/mol. The lowest BCUT2D eigenvalue weighted by molar-refractivity contribution is -0.138. The van der Waals surface area contributed by atoms with Crippen LogP contribution in [0.2, 0.25) is 0 Å². The minimum absolute atomic E-state index is 0.511. The molecule has 0 aliphatic rings. The first-order valence-corrected chi connectivity index (χ1v) is 9.41. The van der Waals surface area contributed by atoms with Gasteiger partial charge in [-0.05, 0) is 26.4 Å². The number of rotatable bonds is 5. The molecule has 0 saturated carbocycles. The molecule has 1 aromatic carbocycles.